The zero-order chi connectivity index (χ0) is 14.7. The van der Waals surface area contributed by atoms with Crippen LogP contribution in [0.25, 0.3) is 0 Å². The predicted molar refractivity (Wildman–Crippen MR) is 73.0 cm³/mol. The molecule has 104 valence electrons. The molecule has 3 N–H and O–H groups in total. The molecule has 0 saturated carbocycles. The summed E-state index contributed by atoms with van der Waals surface area (Å²) in [6.45, 7) is 1.73. The normalized spacial score (nSPS) is 11.4. The fraction of sp³-hybridized carbons (Fsp3) is 0.0769. The molecule has 0 aliphatic heterocycles. The second kappa shape index (κ2) is 5.75. The third-order valence-corrected chi connectivity index (χ3v) is 2.90. The van der Waals surface area contributed by atoms with Crippen LogP contribution in [-0.2, 0) is 0 Å². The van der Waals surface area contributed by atoms with Crippen molar-refractivity contribution >= 4 is 17.4 Å². The average molecular weight is 296 g/mol. The van der Waals surface area contributed by atoms with Crippen LogP contribution < -0.4 is 10.5 Å². The molecule has 1 aromatic heterocycles. The molecule has 0 bridgehead atoms. The monoisotopic (exact) mass is 295 g/mol. The summed E-state index contributed by atoms with van der Waals surface area (Å²) in [4.78, 5) is 3.97. The van der Waals surface area contributed by atoms with Gasteiger partial charge in [-0.1, -0.05) is 22.8 Å². The number of pyridine rings is 1. The van der Waals surface area contributed by atoms with E-state index in [-0.39, 0.29) is 28.1 Å². The summed E-state index contributed by atoms with van der Waals surface area (Å²) >= 11 is 5.68. The Bertz CT molecular complexity index is 677. The number of benzene rings is 1. The molecule has 1 aromatic carbocycles. The molecule has 20 heavy (non-hydrogen) atoms. The maximum atomic E-state index is 13.8. The molecule has 0 aliphatic rings. The van der Waals surface area contributed by atoms with Gasteiger partial charge in [-0.15, -0.1) is 0 Å². The lowest BCUT2D eigenvalue weighted by Crippen LogP contribution is -2.16. The molecule has 0 amide bonds. The van der Waals surface area contributed by atoms with Crippen LogP contribution in [-0.4, -0.2) is 16.0 Å². The van der Waals surface area contributed by atoms with Gasteiger partial charge in [0.25, 0.3) is 0 Å². The van der Waals surface area contributed by atoms with E-state index in [9.17, 15) is 4.39 Å². The lowest BCUT2D eigenvalue weighted by molar-refractivity contribution is 0.318. The summed E-state index contributed by atoms with van der Waals surface area (Å²) in [6.07, 6.45) is 1.47. The average Bonchev–Trinajstić information content (AvgIpc) is 2.43. The van der Waals surface area contributed by atoms with Gasteiger partial charge < -0.3 is 15.7 Å². The molecule has 0 fully saturated rings. The zero-order valence-electron chi connectivity index (χ0n) is 10.5. The molecule has 0 saturated heterocycles. The van der Waals surface area contributed by atoms with E-state index in [0.29, 0.717) is 5.56 Å². The zero-order valence-corrected chi connectivity index (χ0v) is 11.2. The van der Waals surface area contributed by atoms with Crippen molar-refractivity contribution in [1.29, 1.82) is 0 Å². The van der Waals surface area contributed by atoms with E-state index < -0.39 is 5.82 Å². The Morgan fingerprint density at radius 1 is 1.45 bits per heavy atom. The second-order valence-electron chi connectivity index (χ2n) is 3.95. The van der Waals surface area contributed by atoms with E-state index in [4.69, 9.17) is 27.3 Å². The Kier molecular flexibility index (Phi) is 4.05. The van der Waals surface area contributed by atoms with Gasteiger partial charge in [0.15, 0.2) is 17.4 Å². The fourth-order valence-electron chi connectivity index (χ4n) is 1.64. The number of oxime groups is 1. The molecular weight excluding hydrogens is 285 g/mol. The summed E-state index contributed by atoms with van der Waals surface area (Å²) in [5, 5.41) is 11.6. The number of nitrogens with zero attached hydrogens (tertiary/aromatic N) is 2. The van der Waals surface area contributed by atoms with Gasteiger partial charge in [-0.2, -0.15) is 0 Å². The molecule has 0 radical (unpaired) electrons. The maximum Gasteiger partial charge on any atom is 0.230 e. The number of halogens is 2. The largest absolute Gasteiger partial charge is 0.435 e. The van der Waals surface area contributed by atoms with Crippen LogP contribution in [0.3, 0.4) is 0 Å². The van der Waals surface area contributed by atoms with Crippen molar-refractivity contribution in [2.75, 3.05) is 0 Å². The van der Waals surface area contributed by atoms with Crippen LogP contribution in [0.1, 0.15) is 11.1 Å². The lowest BCUT2D eigenvalue weighted by atomic mass is 10.1. The number of hydrogen-bond donors (Lipinski definition) is 2. The van der Waals surface area contributed by atoms with Gasteiger partial charge in [0.2, 0.25) is 5.88 Å². The van der Waals surface area contributed by atoms with Crippen LogP contribution in [0.2, 0.25) is 5.02 Å². The van der Waals surface area contributed by atoms with E-state index in [1.54, 1.807) is 19.1 Å². The first kappa shape index (κ1) is 14.1. The standard InChI is InChI=1S/C13H11ClFN3O2/c1-7-5-6-17-13(10(7)12(16)18-19)20-9-4-2-3-8(14)11(9)15/h2-6,19H,1H3,(H2,16,18). The number of rotatable bonds is 3. The van der Waals surface area contributed by atoms with Crippen molar-refractivity contribution in [3.63, 3.8) is 0 Å². The molecule has 1 heterocycles. The van der Waals surface area contributed by atoms with Crippen LogP contribution in [0, 0.1) is 12.7 Å². The Morgan fingerprint density at radius 3 is 2.90 bits per heavy atom. The smallest absolute Gasteiger partial charge is 0.230 e. The number of aromatic nitrogens is 1. The first-order chi connectivity index (χ1) is 9.54. The number of ether oxygens (including phenoxy) is 1. The van der Waals surface area contributed by atoms with Crippen molar-refractivity contribution in [3.05, 3.63) is 52.4 Å². The maximum absolute atomic E-state index is 13.8. The summed E-state index contributed by atoms with van der Waals surface area (Å²) in [5.74, 6) is -0.944. The van der Waals surface area contributed by atoms with E-state index in [2.05, 4.69) is 10.1 Å². The van der Waals surface area contributed by atoms with E-state index in [1.807, 2.05) is 0 Å². The van der Waals surface area contributed by atoms with E-state index >= 15 is 0 Å². The number of amidine groups is 1. The minimum Gasteiger partial charge on any atom is -0.435 e. The van der Waals surface area contributed by atoms with Crippen molar-refractivity contribution < 1.29 is 14.3 Å². The van der Waals surface area contributed by atoms with Gasteiger partial charge in [-0.3, -0.25) is 0 Å². The Balaban J connectivity index is 2.49. The van der Waals surface area contributed by atoms with Gasteiger partial charge in [0.1, 0.15) is 0 Å². The third kappa shape index (κ3) is 2.65. The number of aryl methyl sites for hydroxylation is 1. The number of nitrogens with two attached hydrogens (primary N) is 1. The quantitative estimate of drug-likeness (QED) is 0.395. The highest BCUT2D eigenvalue weighted by molar-refractivity contribution is 6.30. The molecule has 0 aliphatic carbocycles. The summed E-state index contributed by atoms with van der Waals surface area (Å²) < 4.78 is 19.2. The first-order valence-corrected chi connectivity index (χ1v) is 5.97. The molecule has 2 aromatic rings. The van der Waals surface area contributed by atoms with Gasteiger partial charge in [-0.25, -0.2) is 9.37 Å². The Labute approximate surface area is 119 Å². The van der Waals surface area contributed by atoms with Crippen LogP contribution in [0.15, 0.2) is 35.6 Å². The summed E-state index contributed by atoms with van der Waals surface area (Å²) in [7, 11) is 0. The van der Waals surface area contributed by atoms with Crippen LogP contribution >= 0.6 is 11.6 Å². The van der Waals surface area contributed by atoms with E-state index in [1.165, 1.54) is 18.3 Å². The van der Waals surface area contributed by atoms with E-state index in [0.717, 1.165) is 0 Å². The minimum absolute atomic E-state index is 0.0291. The Morgan fingerprint density at radius 2 is 2.20 bits per heavy atom. The van der Waals surface area contributed by atoms with Gasteiger partial charge in [0, 0.05) is 6.20 Å². The van der Waals surface area contributed by atoms with Crippen molar-refractivity contribution in [2.24, 2.45) is 10.9 Å². The highest BCUT2D eigenvalue weighted by Crippen LogP contribution is 2.30. The van der Waals surface area contributed by atoms with Gasteiger partial charge in [-0.05, 0) is 30.7 Å². The summed E-state index contributed by atoms with van der Waals surface area (Å²) in [6, 6.07) is 6.01. The highest BCUT2D eigenvalue weighted by Gasteiger charge is 2.16. The molecule has 7 heteroatoms. The van der Waals surface area contributed by atoms with Gasteiger partial charge >= 0.3 is 0 Å². The topological polar surface area (TPSA) is 80.7 Å². The van der Waals surface area contributed by atoms with Crippen LogP contribution in [0.4, 0.5) is 4.39 Å². The van der Waals surface area contributed by atoms with Crippen molar-refractivity contribution in [2.45, 2.75) is 6.92 Å². The second-order valence-corrected chi connectivity index (χ2v) is 4.35. The molecule has 0 atom stereocenters. The molecule has 0 spiro atoms. The Hall–Kier alpha value is -2.34. The highest BCUT2D eigenvalue weighted by atomic mass is 35.5. The molecule has 2 rings (SSSR count). The summed E-state index contributed by atoms with van der Waals surface area (Å²) in [5.41, 5.74) is 6.54. The van der Waals surface area contributed by atoms with Crippen LogP contribution in [0.5, 0.6) is 11.6 Å². The SMILES string of the molecule is Cc1ccnc(Oc2cccc(Cl)c2F)c1/C(N)=N/O. The predicted octanol–water partition coefficient (Wildman–Crippen LogP) is 3.07. The number of hydrogen-bond acceptors (Lipinski definition) is 4. The molecular formula is C13H11ClFN3O2. The van der Waals surface area contributed by atoms with Crippen molar-refractivity contribution in [1.82, 2.24) is 4.98 Å². The lowest BCUT2D eigenvalue weighted by Gasteiger charge is -2.12. The first-order valence-electron chi connectivity index (χ1n) is 5.60. The molecule has 0 unspecified atom stereocenters. The van der Waals surface area contributed by atoms with Crippen molar-refractivity contribution in [3.8, 4) is 11.6 Å². The molecule has 5 nitrogen and oxygen atoms in total. The van der Waals surface area contributed by atoms with Gasteiger partial charge in [0.05, 0.1) is 10.6 Å². The minimum atomic E-state index is -0.706. The third-order valence-electron chi connectivity index (χ3n) is 2.61. The fourth-order valence-corrected chi connectivity index (χ4v) is 1.81.